The van der Waals surface area contributed by atoms with Crippen LogP contribution in [-0.4, -0.2) is 57.6 Å². The van der Waals surface area contributed by atoms with Gasteiger partial charge in [-0.15, -0.1) is 0 Å². The molecular formula is C21H34N4O2. The number of benzene rings is 1. The van der Waals surface area contributed by atoms with E-state index in [1.54, 1.807) is 11.9 Å². The molecule has 0 heterocycles. The Morgan fingerprint density at radius 3 is 2.56 bits per heavy atom. The van der Waals surface area contributed by atoms with Crippen LogP contribution >= 0.6 is 0 Å². The van der Waals surface area contributed by atoms with Crippen LogP contribution in [0.25, 0.3) is 0 Å². The van der Waals surface area contributed by atoms with E-state index in [9.17, 15) is 4.79 Å². The van der Waals surface area contributed by atoms with E-state index in [1.807, 2.05) is 39.2 Å². The number of para-hydroxylation sites is 1. The molecule has 2 rings (SSSR count). The Bertz CT molecular complexity index is 637. The van der Waals surface area contributed by atoms with E-state index in [4.69, 9.17) is 4.74 Å². The van der Waals surface area contributed by atoms with Gasteiger partial charge in [-0.3, -0.25) is 9.79 Å². The van der Waals surface area contributed by atoms with Crippen molar-refractivity contribution >= 4 is 11.9 Å². The summed E-state index contributed by atoms with van der Waals surface area (Å²) in [6.45, 7) is 4.03. The quantitative estimate of drug-likeness (QED) is 0.542. The van der Waals surface area contributed by atoms with Crippen molar-refractivity contribution in [3.63, 3.8) is 0 Å². The van der Waals surface area contributed by atoms with Crippen LogP contribution in [0.2, 0.25) is 0 Å². The molecule has 6 nitrogen and oxygen atoms in total. The van der Waals surface area contributed by atoms with Crippen molar-refractivity contribution in [2.75, 3.05) is 40.8 Å². The van der Waals surface area contributed by atoms with Crippen molar-refractivity contribution in [1.29, 1.82) is 0 Å². The van der Waals surface area contributed by atoms with Gasteiger partial charge in [-0.1, -0.05) is 31.0 Å². The Morgan fingerprint density at radius 2 is 1.93 bits per heavy atom. The van der Waals surface area contributed by atoms with E-state index in [0.717, 1.165) is 50.4 Å². The SMILES string of the molecule is CCOc1ccccc1CCNC(=NC)NCC1(C(=O)N(C)C)CCCC1. The van der Waals surface area contributed by atoms with E-state index in [1.165, 1.54) is 5.56 Å². The van der Waals surface area contributed by atoms with Crippen molar-refractivity contribution in [2.45, 2.75) is 39.0 Å². The van der Waals surface area contributed by atoms with Crippen LogP contribution in [-0.2, 0) is 11.2 Å². The average molecular weight is 375 g/mol. The molecule has 1 aliphatic carbocycles. The maximum absolute atomic E-state index is 12.7. The second-order valence-electron chi connectivity index (χ2n) is 7.33. The molecule has 0 aliphatic heterocycles. The number of nitrogens with zero attached hydrogens (tertiary/aromatic N) is 2. The van der Waals surface area contributed by atoms with Gasteiger partial charge >= 0.3 is 0 Å². The Labute approximate surface area is 163 Å². The molecular weight excluding hydrogens is 340 g/mol. The number of carbonyl (C=O) groups excluding carboxylic acids is 1. The minimum Gasteiger partial charge on any atom is -0.494 e. The molecule has 1 aromatic rings. The zero-order chi connectivity index (χ0) is 19.7. The number of rotatable bonds is 8. The molecule has 0 saturated heterocycles. The Morgan fingerprint density at radius 1 is 1.22 bits per heavy atom. The monoisotopic (exact) mass is 374 g/mol. The third kappa shape index (κ3) is 5.62. The summed E-state index contributed by atoms with van der Waals surface area (Å²) < 4.78 is 5.68. The van der Waals surface area contributed by atoms with Crippen LogP contribution in [0.5, 0.6) is 5.75 Å². The summed E-state index contributed by atoms with van der Waals surface area (Å²) in [5.74, 6) is 1.89. The summed E-state index contributed by atoms with van der Waals surface area (Å²) in [7, 11) is 5.44. The fourth-order valence-electron chi connectivity index (χ4n) is 3.79. The second kappa shape index (κ2) is 10.2. The lowest BCUT2D eigenvalue weighted by Crippen LogP contribution is -2.49. The van der Waals surface area contributed by atoms with Gasteiger partial charge in [0.25, 0.3) is 0 Å². The maximum Gasteiger partial charge on any atom is 0.230 e. The van der Waals surface area contributed by atoms with Crippen LogP contribution in [0.1, 0.15) is 38.2 Å². The van der Waals surface area contributed by atoms with Gasteiger partial charge in [0.05, 0.1) is 12.0 Å². The average Bonchev–Trinajstić information content (AvgIpc) is 3.15. The molecule has 6 heteroatoms. The molecule has 0 bridgehead atoms. The largest absolute Gasteiger partial charge is 0.494 e. The highest BCUT2D eigenvalue weighted by Gasteiger charge is 2.42. The van der Waals surface area contributed by atoms with Crippen LogP contribution in [0.3, 0.4) is 0 Å². The number of aliphatic imine (C=N–C) groups is 1. The predicted octanol–water partition coefficient (Wildman–Crippen LogP) is 2.44. The lowest BCUT2D eigenvalue weighted by molar-refractivity contribution is -0.138. The molecule has 27 heavy (non-hydrogen) atoms. The van der Waals surface area contributed by atoms with Crippen molar-refractivity contribution in [2.24, 2.45) is 10.4 Å². The standard InChI is InChI=1S/C21H34N4O2/c1-5-27-18-11-7-6-10-17(18)12-15-23-20(22-2)24-16-21(13-8-9-14-21)19(26)25(3)4/h6-7,10-11H,5,8-9,12-16H2,1-4H3,(H2,22,23,24). The summed E-state index contributed by atoms with van der Waals surface area (Å²) >= 11 is 0. The molecule has 0 spiro atoms. The Kier molecular flexibility index (Phi) is 7.95. The minimum absolute atomic E-state index is 0.216. The summed E-state index contributed by atoms with van der Waals surface area (Å²) in [5, 5.41) is 6.73. The molecule has 1 amide bonds. The van der Waals surface area contributed by atoms with E-state index in [0.29, 0.717) is 13.2 Å². The van der Waals surface area contributed by atoms with Crippen LogP contribution in [0.15, 0.2) is 29.3 Å². The van der Waals surface area contributed by atoms with Gasteiger partial charge in [0.15, 0.2) is 5.96 Å². The summed E-state index contributed by atoms with van der Waals surface area (Å²) in [6, 6.07) is 8.11. The first-order chi connectivity index (χ1) is 13.0. The normalized spacial score (nSPS) is 16.1. The van der Waals surface area contributed by atoms with E-state index in [-0.39, 0.29) is 11.3 Å². The number of hydrogen-bond acceptors (Lipinski definition) is 3. The lowest BCUT2D eigenvalue weighted by atomic mass is 9.84. The van der Waals surface area contributed by atoms with E-state index < -0.39 is 0 Å². The molecule has 150 valence electrons. The van der Waals surface area contributed by atoms with Gasteiger partial charge < -0.3 is 20.3 Å². The van der Waals surface area contributed by atoms with Crippen molar-refractivity contribution in [3.8, 4) is 5.75 Å². The number of ether oxygens (including phenoxy) is 1. The van der Waals surface area contributed by atoms with Crippen molar-refractivity contribution in [3.05, 3.63) is 29.8 Å². The molecule has 2 N–H and O–H groups in total. The molecule has 0 radical (unpaired) electrons. The predicted molar refractivity (Wildman–Crippen MR) is 110 cm³/mol. The number of carbonyl (C=O) groups is 1. The van der Waals surface area contributed by atoms with Gasteiger partial charge in [0.1, 0.15) is 5.75 Å². The number of nitrogens with one attached hydrogen (secondary N) is 2. The third-order valence-corrected chi connectivity index (χ3v) is 5.20. The highest BCUT2D eigenvalue weighted by Crippen LogP contribution is 2.38. The fourth-order valence-corrected chi connectivity index (χ4v) is 3.79. The summed E-state index contributed by atoms with van der Waals surface area (Å²) in [5.41, 5.74) is 0.875. The second-order valence-corrected chi connectivity index (χ2v) is 7.33. The van der Waals surface area contributed by atoms with Gasteiger partial charge in [0.2, 0.25) is 5.91 Å². The molecule has 1 aromatic carbocycles. The third-order valence-electron chi connectivity index (χ3n) is 5.20. The fraction of sp³-hybridized carbons (Fsp3) is 0.619. The maximum atomic E-state index is 12.7. The van der Waals surface area contributed by atoms with Gasteiger partial charge in [-0.25, -0.2) is 0 Å². The summed E-state index contributed by atoms with van der Waals surface area (Å²) in [6.07, 6.45) is 4.95. The first kappa shape index (κ1) is 21.1. The first-order valence-corrected chi connectivity index (χ1v) is 9.89. The van der Waals surface area contributed by atoms with E-state index >= 15 is 0 Å². The van der Waals surface area contributed by atoms with Crippen molar-refractivity contribution < 1.29 is 9.53 Å². The molecule has 0 unspecified atom stereocenters. The van der Waals surface area contributed by atoms with Crippen molar-refractivity contribution in [1.82, 2.24) is 15.5 Å². The Balaban J connectivity index is 1.88. The number of hydrogen-bond donors (Lipinski definition) is 2. The van der Waals surface area contributed by atoms with Crippen LogP contribution in [0, 0.1) is 5.41 Å². The smallest absolute Gasteiger partial charge is 0.230 e. The minimum atomic E-state index is -0.303. The molecule has 1 saturated carbocycles. The lowest BCUT2D eigenvalue weighted by Gasteiger charge is -2.31. The molecule has 1 aliphatic rings. The molecule has 0 atom stereocenters. The zero-order valence-electron chi connectivity index (χ0n) is 17.2. The topological polar surface area (TPSA) is 66.0 Å². The zero-order valence-corrected chi connectivity index (χ0v) is 17.2. The van der Waals surface area contributed by atoms with Crippen LogP contribution in [0.4, 0.5) is 0 Å². The van der Waals surface area contributed by atoms with Crippen LogP contribution < -0.4 is 15.4 Å². The summed E-state index contributed by atoms with van der Waals surface area (Å²) in [4.78, 5) is 18.7. The highest BCUT2D eigenvalue weighted by molar-refractivity contribution is 5.85. The van der Waals surface area contributed by atoms with Gasteiger partial charge in [-0.2, -0.15) is 0 Å². The molecule has 0 aromatic heterocycles. The number of guanidine groups is 1. The first-order valence-electron chi connectivity index (χ1n) is 9.89. The number of amides is 1. The van der Waals surface area contributed by atoms with Gasteiger partial charge in [0, 0.05) is 34.2 Å². The Hall–Kier alpha value is -2.24. The van der Waals surface area contributed by atoms with E-state index in [2.05, 4.69) is 21.7 Å². The van der Waals surface area contributed by atoms with Gasteiger partial charge in [-0.05, 0) is 37.8 Å². The highest BCUT2D eigenvalue weighted by atomic mass is 16.5. The molecule has 1 fully saturated rings.